The molecule has 1 unspecified atom stereocenters. The van der Waals surface area contributed by atoms with Gasteiger partial charge in [0.15, 0.2) is 15.8 Å². The summed E-state index contributed by atoms with van der Waals surface area (Å²) in [4.78, 5) is 8.38. The van der Waals surface area contributed by atoms with Crippen molar-refractivity contribution in [2.45, 2.75) is 31.8 Å². The van der Waals surface area contributed by atoms with E-state index in [9.17, 15) is 8.42 Å². The molecule has 1 aromatic rings. The Morgan fingerprint density at radius 1 is 1.40 bits per heavy atom. The number of rotatable bonds is 6. The van der Waals surface area contributed by atoms with Gasteiger partial charge in [0.25, 0.3) is 0 Å². The lowest BCUT2D eigenvalue weighted by Crippen LogP contribution is -2.43. The topological polar surface area (TPSA) is 92.7 Å². The Hall–Kier alpha value is -1.10. The number of guanidine groups is 1. The molecule has 2 N–H and O–H groups in total. The molecule has 0 amide bonds. The van der Waals surface area contributed by atoms with Gasteiger partial charge in [0.1, 0.15) is 0 Å². The van der Waals surface area contributed by atoms with Crippen LogP contribution in [0, 0.1) is 5.92 Å². The molecule has 1 aromatic heterocycles. The zero-order valence-corrected chi connectivity index (χ0v) is 17.4. The highest BCUT2D eigenvalue weighted by molar-refractivity contribution is 14.0. The summed E-state index contributed by atoms with van der Waals surface area (Å²) in [7, 11) is -1.22. The summed E-state index contributed by atoms with van der Waals surface area (Å²) >= 11 is 0. The molecule has 1 saturated heterocycles. The van der Waals surface area contributed by atoms with Gasteiger partial charge in [-0.1, -0.05) is 0 Å². The molecule has 3 rings (SSSR count). The summed E-state index contributed by atoms with van der Waals surface area (Å²) in [6, 6.07) is 3.77. The van der Waals surface area contributed by atoms with Crippen molar-refractivity contribution in [2.75, 3.05) is 25.2 Å². The SMILES string of the molecule is CN=C(NCc1ccnc(OCC2CC2)c1)NC1CCS(=O)(=O)C1.I. The number of aromatic nitrogens is 1. The summed E-state index contributed by atoms with van der Waals surface area (Å²) in [5.74, 6) is 2.36. The zero-order chi connectivity index (χ0) is 17.0. The number of hydrogen-bond donors (Lipinski definition) is 2. The fraction of sp³-hybridized carbons (Fsp3) is 0.625. The second kappa shape index (κ2) is 9.02. The molecule has 1 saturated carbocycles. The predicted molar refractivity (Wildman–Crippen MR) is 108 cm³/mol. The Morgan fingerprint density at radius 3 is 2.84 bits per heavy atom. The van der Waals surface area contributed by atoms with Gasteiger partial charge in [0, 0.05) is 31.9 Å². The van der Waals surface area contributed by atoms with Crippen LogP contribution in [0.15, 0.2) is 23.3 Å². The molecule has 0 aromatic carbocycles. The Kier molecular flexibility index (Phi) is 7.29. The number of nitrogens with one attached hydrogen (secondary N) is 2. The second-order valence-corrected chi connectivity index (χ2v) is 8.66. The number of ether oxygens (including phenoxy) is 1. The first-order chi connectivity index (χ1) is 11.5. The average molecular weight is 480 g/mol. The molecule has 2 fully saturated rings. The average Bonchev–Trinajstić information content (AvgIpc) is 3.33. The summed E-state index contributed by atoms with van der Waals surface area (Å²) in [6.07, 6.45) is 4.86. The minimum Gasteiger partial charge on any atom is -0.477 e. The maximum atomic E-state index is 11.5. The van der Waals surface area contributed by atoms with Gasteiger partial charge in [-0.15, -0.1) is 24.0 Å². The van der Waals surface area contributed by atoms with Gasteiger partial charge < -0.3 is 15.4 Å². The number of halogens is 1. The summed E-state index contributed by atoms with van der Waals surface area (Å²) in [6.45, 7) is 1.31. The molecule has 7 nitrogen and oxygen atoms in total. The highest BCUT2D eigenvalue weighted by Gasteiger charge is 2.28. The third-order valence-electron chi connectivity index (χ3n) is 4.22. The van der Waals surface area contributed by atoms with Gasteiger partial charge in [0.2, 0.25) is 5.88 Å². The zero-order valence-electron chi connectivity index (χ0n) is 14.3. The normalized spacial score (nSPS) is 22.1. The van der Waals surface area contributed by atoms with E-state index in [1.165, 1.54) is 12.8 Å². The molecule has 140 valence electrons. The van der Waals surface area contributed by atoms with Crippen molar-refractivity contribution in [2.24, 2.45) is 10.9 Å². The van der Waals surface area contributed by atoms with Crippen molar-refractivity contribution in [3.05, 3.63) is 23.9 Å². The molecule has 0 spiro atoms. The largest absolute Gasteiger partial charge is 0.477 e. The number of sulfone groups is 1. The van der Waals surface area contributed by atoms with Crippen molar-refractivity contribution in [3.8, 4) is 5.88 Å². The molecule has 2 heterocycles. The Morgan fingerprint density at radius 2 is 2.20 bits per heavy atom. The van der Waals surface area contributed by atoms with Gasteiger partial charge in [-0.25, -0.2) is 13.4 Å². The van der Waals surface area contributed by atoms with Crippen molar-refractivity contribution in [1.29, 1.82) is 0 Å². The lowest BCUT2D eigenvalue weighted by Gasteiger charge is -2.16. The summed E-state index contributed by atoms with van der Waals surface area (Å²) in [5, 5.41) is 6.37. The fourth-order valence-corrected chi connectivity index (χ4v) is 4.28. The van der Waals surface area contributed by atoms with E-state index >= 15 is 0 Å². The smallest absolute Gasteiger partial charge is 0.213 e. The molecule has 2 aliphatic rings. The van der Waals surface area contributed by atoms with Gasteiger partial charge in [0.05, 0.1) is 18.1 Å². The fourth-order valence-electron chi connectivity index (χ4n) is 2.61. The summed E-state index contributed by atoms with van der Waals surface area (Å²) < 4.78 is 28.7. The standard InChI is InChI=1S/C16H24N4O3S.HI/c1-17-16(20-14-5-7-24(21,22)11-14)19-9-13-4-6-18-15(8-13)23-10-12-2-3-12;/h4,6,8,12,14H,2-3,5,7,9-11H2,1H3,(H2,17,19,20);1H. The summed E-state index contributed by atoms with van der Waals surface area (Å²) in [5.41, 5.74) is 1.04. The number of aliphatic imine (C=N–C) groups is 1. The molecular weight excluding hydrogens is 455 g/mol. The molecule has 9 heteroatoms. The van der Waals surface area contributed by atoms with E-state index < -0.39 is 9.84 Å². The third-order valence-corrected chi connectivity index (χ3v) is 5.99. The van der Waals surface area contributed by atoms with Gasteiger partial charge in [-0.2, -0.15) is 0 Å². The molecule has 1 atom stereocenters. The van der Waals surface area contributed by atoms with Crippen LogP contribution in [0.25, 0.3) is 0 Å². The van der Waals surface area contributed by atoms with Crippen LogP contribution < -0.4 is 15.4 Å². The van der Waals surface area contributed by atoms with E-state index in [1.807, 2.05) is 12.1 Å². The van der Waals surface area contributed by atoms with E-state index in [4.69, 9.17) is 4.74 Å². The second-order valence-electron chi connectivity index (χ2n) is 6.43. The first kappa shape index (κ1) is 20.2. The van der Waals surface area contributed by atoms with E-state index in [-0.39, 0.29) is 41.5 Å². The van der Waals surface area contributed by atoms with E-state index in [1.54, 1.807) is 13.2 Å². The van der Waals surface area contributed by atoms with Crippen LogP contribution in [-0.4, -0.2) is 50.6 Å². The highest BCUT2D eigenvalue weighted by atomic mass is 127. The number of pyridine rings is 1. The molecule has 1 aliphatic carbocycles. The van der Waals surface area contributed by atoms with Gasteiger partial charge in [-0.05, 0) is 36.8 Å². The van der Waals surface area contributed by atoms with Crippen molar-refractivity contribution >= 4 is 39.8 Å². The van der Waals surface area contributed by atoms with Crippen molar-refractivity contribution < 1.29 is 13.2 Å². The maximum absolute atomic E-state index is 11.5. The van der Waals surface area contributed by atoms with Crippen LogP contribution in [0.3, 0.4) is 0 Å². The van der Waals surface area contributed by atoms with Crippen LogP contribution >= 0.6 is 24.0 Å². The van der Waals surface area contributed by atoms with E-state index in [0.29, 0.717) is 30.7 Å². The van der Waals surface area contributed by atoms with Gasteiger partial charge >= 0.3 is 0 Å². The molecule has 1 aliphatic heterocycles. The lowest BCUT2D eigenvalue weighted by molar-refractivity contribution is 0.288. The quantitative estimate of drug-likeness (QED) is 0.363. The van der Waals surface area contributed by atoms with Crippen LogP contribution in [0.5, 0.6) is 5.88 Å². The minimum absolute atomic E-state index is 0. The van der Waals surface area contributed by atoms with Crippen LogP contribution in [0.2, 0.25) is 0 Å². The van der Waals surface area contributed by atoms with E-state index in [0.717, 1.165) is 12.2 Å². The molecule has 25 heavy (non-hydrogen) atoms. The van der Waals surface area contributed by atoms with Crippen LogP contribution in [0.1, 0.15) is 24.8 Å². The Bertz CT molecular complexity index is 707. The Labute approximate surface area is 166 Å². The van der Waals surface area contributed by atoms with Crippen LogP contribution in [-0.2, 0) is 16.4 Å². The monoisotopic (exact) mass is 480 g/mol. The molecular formula is C16H25IN4O3S. The van der Waals surface area contributed by atoms with Gasteiger partial charge in [-0.3, -0.25) is 4.99 Å². The first-order valence-corrected chi connectivity index (χ1v) is 10.1. The predicted octanol–water partition coefficient (Wildman–Crippen LogP) is 1.34. The highest BCUT2D eigenvalue weighted by Crippen LogP contribution is 2.29. The molecule has 0 bridgehead atoms. The first-order valence-electron chi connectivity index (χ1n) is 8.29. The molecule has 0 radical (unpaired) electrons. The maximum Gasteiger partial charge on any atom is 0.213 e. The number of nitrogens with zero attached hydrogens (tertiary/aromatic N) is 2. The minimum atomic E-state index is -2.90. The van der Waals surface area contributed by atoms with Crippen molar-refractivity contribution in [3.63, 3.8) is 0 Å². The number of hydrogen-bond acceptors (Lipinski definition) is 5. The van der Waals surface area contributed by atoms with E-state index in [2.05, 4.69) is 20.6 Å². The lowest BCUT2D eigenvalue weighted by atomic mass is 10.2. The van der Waals surface area contributed by atoms with Crippen LogP contribution in [0.4, 0.5) is 0 Å². The third kappa shape index (κ3) is 6.61. The Balaban J connectivity index is 0.00000225. The van der Waals surface area contributed by atoms with Crippen molar-refractivity contribution in [1.82, 2.24) is 15.6 Å².